The predicted molar refractivity (Wildman–Crippen MR) is 85.8 cm³/mol. The first-order valence-electron chi connectivity index (χ1n) is 7.35. The number of ether oxygens (including phenoxy) is 1. The molecule has 4 nitrogen and oxygen atoms in total. The maximum atomic E-state index is 5.15. The molecule has 0 spiro atoms. The molecule has 1 aromatic heterocycles. The Morgan fingerprint density at radius 1 is 1.40 bits per heavy atom. The molecule has 1 saturated carbocycles. The highest BCUT2D eigenvalue weighted by molar-refractivity contribution is 7.15. The molecule has 0 aliphatic heterocycles. The Hall–Kier alpha value is -0.650. The number of anilines is 1. The minimum absolute atomic E-state index is 0.146. The fourth-order valence-electron chi connectivity index (χ4n) is 1.99. The van der Waals surface area contributed by atoms with E-state index >= 15 is 0 Å². The smallest absolute Gasteiger partial charge is 0.185 e. The van der Waals surface area contributed by atoms with E-state index in [0.29, 0.717) is 5.92 Å². The van der Waals surface area contributed by atoms with Gasteiger partial charge in [-0.2, -0.15) is 0 Å². The summed E-state index contributed by atoms with van der Waals surface area (Å²) in [4.78, 5) is 8.47. The van der Waals surface area contributed by atoms with Crippen LogP contribution in [0.3, 0.4) is 0 Å². The molecule has 1 aliphatic rings. The number of rotatable bonds is 7. The number of nitrogens with one attached hydrogen (secondary N) is 1. The Morgan fingerprint density at radius 2 is 2.10 bits per heavy atom. The van der Waals surface area contributed by atoms with Gasteiger partial charge in [0.1, 0.15) is 0 Å². The predicted octanol–water partition coefficient (Wildman–Crippen LogP) is 2.99. The van der Waals surface area contributed by atoms with Gasteiger partial charge in [0, 0.05) is 43.6 Å². The van der Waals surface area contributed by atoms with Crippen LogP contribution in [0.1, 0.15) is 50.1 Å². The second-order valence-electron chi connectivity index (χ2n) is 6.60. The summed E-state index contributed by atoms with van der Waals surface area (Å²) in [5, 5.41) is 4.70. The molecule has 2 rings (SSSR count). The van der Waals surface area contributed by atoms with E-state index < -0.39 is 0 Å². The van der Waals surface area contributed by atoms with Crippen molar-refractivity contribution in [1.29, 1.82) is 0 Å². The fourth-order valence-corrected chi connectivity index (χ4v) is 3.06. The topological polar surface area (TPSA) is 37.4 Å². The average Bonchev–Trinajstić information content (AvgIpc) is 3.12. The Balaban J connectivity index is 2.07. The minimum atomic E-state index is 0.146. The highest BCUT2D eigenvalue weighted by atomic mass is 32.1. The van der Waals surface area contributed by atoms with Gasteiger partial charge in [0.2, 0.25) is 0 Å². The van der Waals surface area contributed by atoms with Gasteiger partial charge in [-0.25, -0.2) is 4.98 Å². The van der Waals surface area contributed by atoms with Crippen molar-refractivity contribution >= 4 is 16.5 Å². The molecule has 0 radical (unpaired) electrons. The van der Waals surface area contributed by atoms with Crippen LogP contribution in [0.5, 0.6) is 0 Å². The Labute approximate surface area is 126 Å². The third-order valence-corrected chi connectivity index (χ3v) is 4.60. The van der Waals surface area contributed by atoms with Gasteiger partial charge in [-0.1, -0.05) is 0 Å². The normalized spacial score (nSPS) is 15.7. The maximum absolute atomic E-state index is 5.15. The lowest BCUT2D eigenvalue weighted by Gasteiger charge is -2.20. The van der Waals surface area contributed by atoms with Crippen LogP contribution in [0.25, 0.3) is 0 Å². The zero-order valence-corrected chi connectivity index (χ0v) is 14.1. The van der Waals surface area contributed by atoms with Gasteiger partial charge >= 0.3 is 0 Å². The van der Waals surface area contributed by atoms with Crippen LogP contribution < -0.4 is 10.2 Å². The molecule has 1 fully saturated rings. The van der Waals surface area contributed by atoms with Crippen molar-refractivity contribution in [1.82, 2.24) is 10.3 Å². The largest absolute Gasteiger partial charge is 0.383 e. The molecule has 0 aromatic carbocycles. The molecule has 114 valence electrons. The molecular formula is C15H27N3OS. The van der Waals surface area contributed by atoms with Gasteiger partial charge in [-0.3, -0.25) is 0 Å². The standard InChI is InChI=1S/C15H27N3OS/c1-15(2,3)16-10-12-13(11-6-7-11)17-14(20-12)18(4)8-9-19-5/h11,16H,6-10H2,1-5H3. The van der Waals surface area contributed by atoms with E-state index in [1.807, 2.05) is 11.3 Å². The van der Waals surface area contributed by atoms with E-state index in [1.54, 1.807) is 7.11 Å². The number of hydrogen-bond acceptors (Lipinski definition) is 5. The summed E-state index contributed by atoms with van der Waals surface area (Å²) in [6.45, 7) is 9.17. The molecule has 0 saturated heterocycles. The number of thiazole rings is 1. The van der Waals surface area contributed by atoms with E-state index in [1.165, 1.54) is 23.4 Å². The van der Waals surface area contributed by atoms with Crippen LogP contribution in [0.4, 0.5) is 5.13 Å². The number of nitrogens with zero attached hydrogens (tertiary/aromatic N) is 2. The Kier molecular flexibility index (Phi) is 5.04. The van der Waals surface area contributed by atoms with Crippen molar-refractivity contribution in [2.45, 2.75) is 51.6 Å². The van der Waals surface area contributed by atoms with Crippen molar-refractivity contribution in [3.8, 4) is 0 Å². The molecule has 5 heteroatoms. The van der Waals surface area contributed by atoms with Gasteiger partial charge < -0.3 is 15.0 Å². The molecule has 0 atom stereocenters. The molecule has 1 aromatic rings. The average molecular weight is 297 g/mol. The van der Waals surface area contributed by atoms with Crippen molar-refractivity contribution in [2.75, 3.05) is 32.2 Å². The van der Waals surface area contributed by atoms with Gasteiger partial charge in [0.05, 0.1) is 12.3 Å². The van der Waals surface area contributed by atoms with Crippen LogP contribution in [0.15, 0.2) is 0 Å². The van der Waals surface area contributed by atoms with Crippen LogP contribution in [-0.2, 0) is 11.3 Å². The third-order valence-electron chi connectivity index (χ3n) is 3.42. The zero-order chi connectivity index (χ0) is 14.8. The van der Waals surface area contributed by atoms with Gasteiger partial charge in [0.25, 0.3) is 0 Å². The first-order chi connectivity index (χ1) is 9.40. The lowest BCUT2D eigenvalue weighted by Crippen LogP contribution is -2.35. The quantitative estimate of drug-likeness (QED) is 0.839. The molecule has 0 amide bonds. The van der Waals surface area contributed by atoms with Crippen LogP contribution >= 0.6 is 11.3 Å². The highest BCUT2D eigenvalue weighted by Crippen LogP contribution is 2.44. The molecule has 1 N–H and O–H groups in total. The summed E-state index contributed by atoms with van der Waals surface area (Å²) < 4.78 is 5.15. The summed E-state index contributed by atoms with van der Waals surface area (Å²) >= 11 is 1.82. The summed E-state index contributed by atoms with van der Waals surface area (Å²) in [6.07, 6.45) is 2.60. The molecular weight excluding hydrogens is 270 g/mol. The zero-order valence-electron chi connectivity index (χ0n) is 13.3. The van der Waals surface area contributed by atoms with Gasteiger partial charge in [-0.05, 0) is 33.6 Å². The summed E-state index contributed by atoms with van der Waals surface area (Å²) in [6, 6.07) is 0. The van der Waals surface area contributed by atoms with Crippen molar-refractivity contribution < 1.29 is 4.74 Å². The second-order valence-corrected chi connectivity index (χ2v) is 7.66. The molecule has 20 heavy (non-hydrogen) atoms. The Bertz CT molecular complexity index is 435. The first kappa shape index (κ1) is 15.7. The molecule has 1 aliphatic carbocycles. The van der Waals surface area contributed by atoms with Crippen molar-refractivity contribution in [2.24, 2.45) is 0 Å². The van der Waals surface area contributed by atoms with Crippen molar-refractivity contribution in [3.63, 3.8) is 0 Å². The van der Waals surface area contributed by atoms with Gasteiger partial charge in [-0.15, -0.1) is 11.3 Å². The van der Waals surface area contributed by atoms with Crippen molar-refractivity contribution in [3.05, 3.63) is 10.6 Å². The minimum Gasteiger partial charge on any atom is -0.383 e. The molecule has 0 unspecified atom stereocenters. The highest BCUT2D eigenvalue weighted by Gasteiger charge is 2.30. The summed E-state index contributed by atoms with van der Waals surface area (Å²) in [5.41, 5.74) is 1.47. The molecule has 0 bridgehead atoms. The monoisotopic (exact) mass is 297 g/mol. The lowest BCUT2D eigenvalue weighted by molar-refractivity contribution is 0.206. The summed E-state index contributed by atoms with van der Waals surface area (Å²) in [5.74, 6) is 0.701. The molecule has 1 heterocycles. The van der Waals surface area contributed by atoms with E-state index in [2.05, 4.69) is 38.0 Å². The van der Waals surface area contributed by atoms with E-state index in [-0.39, 0.29) is 5.54 Å². The van der Waals surface area contributed by atoms with Gasteiger partial charge in [0.15, 0.2) is 5.13 Å². The van der Waals surface area contributed by atoms with Crippen LogP contribution in [0.2, 0.25) is 0 Å². The van der Waals surface area contributed by atoms with E-state index in [9.17, 15) is 0 Å². The maximum Gasteiger partial charge on any atom is 0.185 e. The Morgan fingerprint density at radius 3 is 2.65 bits per heavy atom. The number of likely N-dealkylation sites (N-methyl/N-ethyl adjacent to an activating group) is 1. The fraction of sp³-hybridized carbons (Fsp3) is 0.800. The van der Waals surface area contributed by atoms with E-state index in [0.717, 1.165) is 24.8 Å². The number of aromatic nitrogens is 1. The third kappa shape index (κ3) is 4.43. The second kappa shape index (κ2) is 6.41. The summed E-state index contributed by atoms with van der Waals surface area (Å²) in [7, 11) is 3.83. The van der Waals surface area contributed by atoms with Crippen LogP contribution in [-0.4, -0.2) is 37.8 Å². The SMILES string of the molecule is COCCN(C)c1nc(C2CC2)c(CNC(C)(C)C)s1. The lowest BCUT2D eigenvalue weighted by atomic mass is 10.1. The van der Waals surface area contributed by atoms with Crippen LogP contribution in [0, 0.1) is 0 Å². The number of methoxy groups -OCH3 is 1. The number of hydrogen-bond donors (Lipinski definition) is 1. The van der Waals surface area contributed by atoms with E-state index in [4.69, 9.17) is 9.72 Å². The first-order valence-corrected chi connectivity index (χ1v) is 8.17.